The molecule has 3 nitrogen and oxygen atoms in total. The number of halogens is 1. The Labute approximate surface area is 122 Å². The Morgan fingerprint density at radius 2 is 2.00 bits per heavy atom. The van der Waals surface area contributed by atoms with Gasteiger partial charge in [0.1, 0.15) is 5.82 Å². The molecule has 0 unspecified atom stereocenters. The van der Waals surface area contributed by atoms with E-state index in [4.69, 9.17) is 4.74 Å². The van der Waals surface area contributed by atoms with Crippen LogP contribution in [-0.4, -0.2) is 33.9 Å². The fourth-order valence-corrected chi connectivity index (χ4v) is 2.32. The SMILES string of the molecule is COCCNCc1cccc(F)c1N(C)CC(C)(C)C. The number of benzene rings is 1. The van der Waals surface area contributed by atoms with E-state index in [9.17, 15) is 4.39 Å². The van der Waals surface area contributed by atoms with Gasteiger partial charge >= 0.3 is 0 Å². The molecule has 1 aromatic rings. The molecular formula is C16H27FN2O. The van der Waals surface area contributed by atoms with Crippen LogP contribution in [0.3, 0.4) is 0 Å². The van der Waals surface area contributed by atoms with Crippen LogP contribution in [0.25, 0.3) is 0 Å². The lowest BCUT2D eigenvalue weighted by Crippen LogP contribution is -2.31. The summed E-state index contributed by atoms with van der Waals surface area (Å²) in [5.74, 6) is -0.164. The van der Waals surface area contributed by atoms with Crippen LogP contribution in [0.5, 0.6) is 0 Å². The van der Waals surface area contributed by atoms with Gasteiger partial charge in [-0.1, -0.05) is 32.9 Å². The molecule has 0 radical (unpaired) electrons. The van der Waals surface area contributed by atoms with Gasteiger partial charge < -0.3 is 15.0 Å². The topological polar surface area (TPSA) is 24.5 Å². The lowest BCUT2D eigenvalue weighted by atomic mass is 9.95. The Hall–Kier alpha value is -1.13. The zero-order valence-electron chi connectivity index (χ0n) is 13.3. The molecule has 0 saturated heterocycles. The van der Waals surface area contributed by atoms with Crippen LogP contribution in [0.2, 0.25) is 0 Å². The number of rotatable bonds is 7. The second-order valence-electron chi connectivity index (χ2n) is 6.33. The van der Waals surface area contributed by atoms with E-state index in [1.165, 1.54) is 6.07 Å². The van der Waals surface area contributed by atoms with E-state index in [-0.39, 0.29) is 11.2 Å². The van der Waals surface area contributed by atoms with Gasteiger partial charge in [0.2, 0.25) is 0 Å². The maximum Gasteiger partial charge on any atom is 0.146 e. The van der Waals surface area contributed by atoms with Gasteiger partial charge in [0.15, 0.2) is 0 Å². The average Bonchev–Trinajstić information content (AvgIpc) is 2.32. The third-order valence-electron chi connectivity index (χ3n) is 2.96. The molecule has 0 aliphatic heterocycles. The van der Waals surface area contributed by atoms with Crippen molar-refractivity contribution in [1.29, 1.82) is 0 Å². The van der Waals surface area contributed by atoms with Gasteiger partial charge in [-0.05, 0) is 17.0 Å². The van der Waals surface area contributed by atoms with Gasteiger partial charge in [-0.25, -0.2) is 4.39 Å². The maximum absolute atomic E-state index is 14.2. The molecule has 0 aliphatic carbocycles. The molecule has 4 heteroatoms. The highest BCUT2D eigenvalue weighted by Crippen LogP contribution is 2.26. The second kappa shape index (κ2) is 7.60. The van der Waals surface area contributed by atoms with Crippen molar-refractivity contribution in [2.45, 2.75) is 27.3 Å². The molecule has 0 saturated carbocycles. The summed E-state index contributed by atoms with van der Waals surface area (Å²) in [6.45, 7) is 9.32. The number of methoxy groups -OCH3 is 1. The van der Waals surface area contributed by atoms with Crippen molar-refractivity contribution in [3.63, 3.8) is 0 Å². The quantitative estimate of drug-likeness (QED) is 0.778. The van der Waals surface area contributed by atoms with Gasteiger partial charge in [0.05, 0.1) is 12.3 Å². The van der Waals surface area contributed by atoms with Gasteiger partial charge in [-0.2, -0.15) is 0 Å². The summed E-state index contributed by atoms with van der Waals surface area (Å²) in [5, 5.41) is 3.27. The van der Waals surface area contributed by atoms with Crippen LogP contribution in [0.4, 0.5) is 10.1 Å². The molecule has 0 atom stereocenters. The Morgan fingerprint density at radius 1 is 1.30 bits per heavy atom. The molecule has 0 fully saturated rings. The van der Waals surface area contributed by atoms with E-state index in [1.54, 1.807) is 13.2 Å². The molecule has 0 bridgehead atoms. The summed E-state index contributed by atoms with van der Waals surface area (Å²) < 4.78 is 19.2. The normalized spacial score (nSPS) is 11.7. The van der Waals surface area contributed by atoms with Crippen molar-refractivity contribution in [2.75, 3.05) is 38.8 Å². The lowest BCUT2D eigenvalue weighted by molar-refractivity contribution is 0.199. The first-order valence-corrected chi connectivity index (χ1v) is 7.03. The summed E-state index contributed by atoms with van der Waals surface area (Å²) in [4.78, 5) is 2.00. The van der Waals surface area contributed by atoms with Gasteiger partial charge in [0.25, 0.3) is 0 Å². The summed E-state index contributed by atoms with van der Waals surface area (Å²) in [5.41, 5.74) is 1.79. The number of para-hydroxylation sites is 1. The van der Waals surface area contributed by atoms with E-state index < -0.39 is 0 Å². The summed E-state index contributed by atoms with van der Waals surface area (Å²) in [6.07, 6.45) is 0. The smallest absolute Gasteiger partial charge is 0.146 e. The zero-order valence-corrected chi connectivity index (χ0v) is 13.3. The molecule has 0 heterocycles. The fraction of sp³-hybridized carbons (Fsp3) is 0.625. The van der Waals surface area contributed by atoms with Gasteiger partial charge in [-0.3, -0.25) is 0 Å². The molecule has 114 valence electrons. The van der Waals surface area contributed by atoms with Crippen LogP contribution in [0, 0.1) is 11.2 Å². The molecular weight excluding hydrogens is 255 g/mol. The molecule has 1 rings (SSSR count). The summed E-state index contributed by atoms with van der Waals surface area (Å²) in [6, 6.07) is 5.25. The Balaban J connectivity index is 2.82. The molecule has 0 spiro atoms. The predicted molar refractivity (Wildman–Crippen MR) is 82.7 cm³/mol. The molecule has 0 amide bonds. The highest BCUT2D eigenvalue weighted by Gasteiger charge is 2.18. The van der Waals surface area contributed by atoms with Crippen molar-refractivity contribution in [1.82, 2.24) is 5.32 Å². The van der Waals surface area contributed by atoms with E-state index in [0.29, 0.717) is 18.8 Å². The van der Waals surface area contributed by atoms with Crippen molar-refractivity contribution in [3.8, 4) is 0 Å². The number of nitrogens with one attached hydrogen (secondary N) is 1. The highest BCUT2D eigenvalue weighted by atomic mass is 19.1. The van der Waals surface area contributed by atoms with Gasteiger partial charge in [-0.15, -0.1) is 0 Å². The number of ether oxygens (including phenoxy) is 1. The van der Waals surface area contributed by atoms with E-state index >= 15 is 0 Å². The first-order valence-electron chi connectivity index (χ1n) is 7.03. The van der Waals surface area contributed by atoms with Crippen molar-refractivity contribution in [3.05, 3.63) is 29.6 Å². The summed E-state index contributed by atoms with van der Waals surface area (Å²) >= 11 is 0. The monoisotopic (exact) mass is 282 g/mol. The minimum absolute atomic E-state index is 0.123. The lowest BCUT2D eigenvalue weighted by Gasteiger charge is -2.30. The molecule has 0 aliphatic rings. The van der Waals surface area contributed by atoms with Crippen LogP contribution < -0.4 is 10.2 Å². The standard InChI is InChI=1S/C16H27FN2O/c1-16(2,3)12-19(4)15-13(7-6-8-14(15)17)11-18-9-10-20-5/h6-8,18H,9-12H2,1-5H3. The van der Waals surface area contributed by atoms with E-state index in [0.717, 1.165) is 18.7 Å². The van der Waals surface area contributed by atoms with Crippen LogP contribution in [0.1, 0.15) is 26.3 Å². The highest BCUT2D eigenvalue weighted by molar-refractivity contribution is 5.54. The van der Waals surface area contributed by atoms with Crippen molar-refractivity contribution < 1.29 is 9.13 Å². The third kappa shape index (κ3) is 5.47. The van der Waals surface area contributed by atoms with Crippen molar-refractivity contribution in [2.24, 2.45) is 5.41 Å². The van der Waals surface area contributed by atoms with Crippen LogP contribution >= 0.6 is 0 Å². The Bertz CT molecular complexity index is 415. The first kappa shape index (κ1) is 16.9. The molecule has 1 aromatic carbocycles. The predicted octanol–water partition coefficient (Wildman–Crippen LogP) is 3.04. The first-order chi connectivity index (χ1) is 9.35. The maximum atomic E-state index is 14.2. The summed E-state index contributed by atoms with van der Waals surface area (Å²) in [7, 11) is 3.62. The fourth-order valence-electron chi connectivity index (χ4n) is 2.32. The number of anilines is 1. The Morgan fingerprint density at radius 3 is 2.60 bits per heavy atom. The van der Waals surface area contributed by atoms with Crippen molar-refractivity contribution >= 4 is 5.69 Å². The Kier molecular flexibility index (Phi) is 6.43. The third-order valence-corrected chi connectivity index (χ3v) is 2.96. The van der Waals surface area contributed by atoms with E-state index in [2.05, 4.69) is 26.1 Å². The minimum Gasteiger partial charge on any atom is -0.383 e. The molecule has 20 heavy (non-hydrogen) atoms. The zero-order chi connectivity index (χ0) is 15.2. The number of hydrogen-bond donors (Lipinski definition) is 1. The molecule has 1 N–H and O–H groups in total. The molecule has 0 aromatic heterocycles. The second-order valence-corrected chi connectivity index (χ2v) is 6.33. The van der Waals surface area contributed by atoms with Crippen LogP contribution in [-0.2, 0) is 11.3 Å². The largest absolute Gasteiger partial charge is 0.383 e. The van der Waals surface area contributed by atoms with Crippen LogP contribution in [0.15, 0.2) is 18.2 Å². The minimum atomic E-state index is -0.164. The number of hydrogen-bond acceptors (Lipinski definition) is 3. The van der Waals surface area contributed by atoms with E-state index in [1.807, 2.05) is 18.0 Å². The van der Waals surface area contributed by atoms with Gasteiger partial charge in [0, 0.05) is 33.8 Å². The number of nitrogens with zero attached hydrogens (tertiary/aromatic N) is 1. The average molecular weight is 282 g/mol.